The molecular weight excluding hydrogens is 212 g/mol. The highest BCUT2D eigenvalue weighted by molar-refractivity contribution is 5.85. The minimum atomic E-state index is -1.10. The number of aromatic carboxylic acids is 1. The third-order valence-corrected chi connectivity index (χ3v) is 1.94. The molecule has 1 heterocycles. The summed E-state index contributed by atoms with van der Waals surface area (Å²) in [5.74, 6) is -1.55. The molecule has 0 saturated carbocycles. The van der Waals surface area contributed by atoms with E-state index in [1.54, 1.807) is 6.92 Å². The molecule has 1 aromatic heterocycles. The van der Waals surface area contributed by atoms with Crippen LogP contribution in [0.15, 0.2) is 18.3 Å². The highest BCUT2D eigenvalue weighted by Crippen LogP contribution is 2.10. The summed E-state index contributed by atoms with van der Waals surface area (Å²) in [6, 6.07) is 2.80. The van der Waals surface area contributed by atoms with Crippen LogP contribution < -0.4 is 10.5 Å². The van der Waals surface area contributed by atoms with Crippen molar-refractivity contribution in [3.05, 3.63) is 24.0 Å². The minimum Gasteiger partial charge on any atom is -0.491 e. The molecule has 0 aliphatic carbocycles. The van der Waals surface area contributed by atoms with Crippen molar-refractivity contribution in [3.63, 3.8) is 0 Å². The Labute approximate surface area is 92.0 Å². The zero-order valence-electron chi connectivity index (χ0n) is 8.71. The summed E-state index contributed by atoms with van der Waals surface area (Å²) >= 11 is 0. The van der Waals surface area contributed by atoms with Gasteiger partial charge < -0.3 is 15.6 Å². The Kier molecular flexibility index (Phi) is 3.82. The van der Waals surface area contributed by atoms with Crippen molar-refractivity contribution in [1.29, 1.82) is 0 Å². The molecule has 1 atom stereocenters. The smallest absolute Gasteiger partial charge is 0.354 e. The number of carbonyl (C=O) groups excluding carboxylic acids is 1. The third-order valence-electron chi connectivity index (χ3n) is 1.94. The second-order valence-corrected chi connectivity index (χ2v) is 3.30. The van der Waals surface area contributed by atoms with E-state index in [9.17, 15) is 9.59 Å². The Morgan fingerprint density at radius 3 is 2.69 bits per heavy atom. The second-order valence-electron chi connectivity index (χ2n) is 3.30. The molecule has 0 aliphatic heterocycles. The first-order valence-electron chi connectivity index (χ1n) is 4.62. The van der Waals surface area contributed by atoms with Gasteiger partial charge in [-0.05, 0) is 12.1 Å². The van der Waals surface area contributed by atoms with Crippen LogP contribution in [0.4, 0.5) is 0 Å². The number of ether oxygens (including phenoxy) is 1. The minimum absolute atomic E-state index is 0.0599. The van der Waals surface area contributed by atoms with Gasteiger partial charge in [0.2, 0.25) is 5.91 Å². The summed E-state index contributed by atoms with van der Waals surface area (Å²) in [7, 11) is 0. The summed E-state index contributed by atoms with van der Waals surface area (Å²) in [5.41, 5.74) is 4.99. The molecular formula is C10H12N2O4. The average Bonchev–Trinajstić information content (AvgIpc) is 2.26. The molecule has 6 nitrogen and oxygen atoms in total. The van der Waals surface area contributed by atoms with Gasteiger partial charge in [-0.2, -0.15) is 0 Å². The van der Waals surface area contributed by atoms with Gasteiger partial charge in [0.15, 0.2) is 0 Å². The SMILES string of the molecule is CC(COc1ccc(C(=O)O)nc1)C(N)=O. The van der Waals surface area contributed by atoms with Crippen molar-refractivity contribution < 1.29 is 19.4 Å². The first-order chi connectivity index (χ1) is 7.50. The first-order valence-corrected chi connectivity index (χ1v) is 4.62. The van der Waals surface area contributed by atoms with Crippen molar-refractivity contribution in [3.8, 4) is 5.75 Å². The number of pyridine rings is 1. The van der Waals surface area contributed by atoms with E-state index in [1.165, 1.54) is 18.3 Å². The number of carboxylic acids is 1. The fourth-order valence-corrected chi connectivity index (χ4v) is 0.896. The van der Waals surface area contributed by atoms with Gasteiger partial charge in [0, 0.05) is 0 Å². The maximum atomic E-state index is 10.7. The van der Waals surface area contributed by atoms with Gasteiger partial charge in [-0.3, -0.25) is 4.79 Å². The number of primary amides is 1. The number of rotatable bonds is 5. The van der Waals surface area contributed by atoms with Gasteiger partial charge >= 0.3 is 5.97 Å². The van der Waals surface area contributed by atoms with Crippen molar-refractivity contribution in [2.24, 2.45) is 11.7 Å². The lowest BCUT2D eigenvalue weighted by Crippen LogP contribution is -2.25. The van der Waals surface area contributed by atoms with E-state index >= 15 is 0 Å². The number of hydrogen-bond donors (Lipinski definition) is 2. The number of nitrogens with two attached hydrogens (primary N) is 1. The zero-order chi connectivity index (χ0) is 12.1. The average molecular weight is 224 g/mol. The standard InChI is InChI=1S/C10H12N2O4/c1-6(9(11)13)5-16-7-2-3-8(10(14)15)12-4-7/h2-4,6H,5H2,1H3,(H2,11,13)(H,14,15). The lowest BCUT2D eigenvalue weighted by Gasteiger charge is -2.09. The number of nitrogens with zero attached hydrogens (tertiary/aromatic N) is 1. The van der Waals surface area contributed by atoms with Crippen molar-refractivity contribution in [1.82, 2.24) is 4.98 Å². The number of carbonyl (C=O) groups is 2. The van der Waals surface area contributed by atoms with E-state index in [4.69, 9.17) is 15.6 Å². The fraction of sp³-hybridized carbons (Fsp3) is 0.300. The van der Waals surface area contributed by atoms with Gasteiger partial charge in [0.25, 0.3) is 0 Å². The predicted molar refractivity (Wildman–Crippen MR) is 55.0 cm³/mol. The summed E-state index contributed by atoms with van der Waals surface area (Å²) < 4.78 is 5.21. The lowest BCUT2D eigenvalue weighted by atomic mass is 10.2. The van der Waals surface area contributed by atoms with Crippen molar-refractivity contribution in [2.45, 2.75) is 6.92 Å². The van der Waals surface area contributed by atoms with Crippen LogP contribution in [0.5, 0.6) is 5.75 Å². The molecule has 0 fully saturated rings. The molecule has 0 saturated heterocycles. The second kappa shape index (κ2) is 5.11. The van der Waals surface area contributed by atoms with Gasteiger partial charge in [-0.15, -0.1) is 0 Å². The number of carboxylic acid groups (broad SMARTS) is 1. The largest absolute Gasteiger partial charge is 0.491 e. The van der Waals surface area contributed by atoms with Crippen LogP contribution >= 0.6 is 0 Å². The number of aromatic nitrogens is 1. The fourth-order valence-electron chi connectivity index (χ4n) is 0.896. The highest BCUT2D eigenvalue weighted by atomic mass is 16.5. The molecule has 6 heteroatoms. The molecule has 0 radical (unpaired) electrons. The quantitative estimate of drug-likeness (QED) is 0.747. The summed E-state index contributed by atoms with van der Waals surface area (Å²) in [4.78, 5) is 24.9. The number of hydrogen-bond acceptors (Lipinski definition) is 4. The molecule has 1 aromatic rings. The van der Waals surface area contributed by atoms with E-state index in [0.29, 0.717) is 5.75 Å². The molecule has 0 spiro atoms. The molecule has 3 N–H and O–H groups in total. The maximum absolute atomic E-state index is 10.7. The molecule has 1 unspecified atom stereocenters. The Bertz CT molecular complexity index is 388. The Balaban J connectivity index is 2.56. The zero-order valence-corrected chi connectivity index (χ0v) is 8.71. The van der Waals surface area contributed by atoms with Crippen LogP contribution in [0.25, 0.3) is 0 Å². The van der Waals surface area contributed by atoms with E-state index in [-0.39, 0.29) is 12.3 Å². The Morgan fingerprint density at radius 2 is 2.25 bits per heavy atom. The Morgan fingerprint density at radius 1 is 1.56 bits per heavy atom. The topological polar surface area (TPSA) is 103 Å². The molecule has 1 rings (SSSR count). The number of amides is 1. The van der Waals surface area contributed by atoms with Gasteiger partial charge in [0.1, 0.15) is 11.4 Å². The van der Waals surface area contributed by atoms with Gasteiger partial charge in [-0.25, -0.2) is 9.78 Å². The highest BCUT2D eigenvalue weighted by Gasteiger charge is 2.10. The van der Waals surface area contributed by atoms with Crippen LogP contribution in [-0.4, -0.2) is 28.6 Å². The molecule has 16 heavy (non-hydrogen) atoms. The predicted octanol–water partition coefficient (Wildman–Crippen LogP) is 0.280. The van der Waals surface area contributed by atoms with Crippen LogP contribution in [0.1, 0.15) is 17.4 Å². The van der Waals surface area contributed by atoms with Crippen LogP contribution in [0, 0.1) is 5.92 Å². The van der Waals surface area contributed by atoms with E-state index in [2.05, 4.69) is 4.98 Å². The van der Waals surface area contributed by atoms with E-state index in [1.807, 2.05) is 0 Å². The van der Waals surface area contributed by atoms with E-state index in [0.717, 1.165) is 0 Å². The molecule has 0 bridgehead atoms. The maximum Gasteiger partial charge on any atom is 0.354 e. The van der Waals surface area contributed by atoms with Crippen molar-refractivity contribution >= 4 is 11.9 Å². The normalized spacial score (nSPS) is 11.8. The van der Waals surface area contributed by atoms with E-state index < -0.39 is 17.8 Å². The van der Waals surface area contributed by atoms with Crippen LogP contribution in [0.2, 0.25) is 0 Å². The lowest BCUT2D eigenvalue weighted by molar-refractivity contribution is -0.122. The first kappa shape index (κ1) is 12.0. The monoisotopic (exact) mass is 224 g/mol. The molecule has 0 aromatic carbocycles. The summed E-state index contributed by atoms with van der Waals surface area (Å²) in [6.45, 7) is 1.78. The van der Waals surface area contributed by atoms with Crippen LogP contribution in [0.3, 0.4) is 0 Å². The van der Waals surface area contributed by atoms with Crippen LogP contribution in [-0.2, 0) is 4.79 Å². The Hall–Kier alpha value is -2.11. The van der Waals surface area contributed by atoms with Gasteiger partial charge in [-0.1, -0.05) is 6.92 Å². The van der Waals surface area contributed by atoms with Crippen molar-refractivity contribution in [2.75, 3.05) is 6.61 Å². The summed E-state index contributed by atoms with van der Waals surface area (Å²) in [5, 5.41) is 8.60. The molecule has 0 aliphatic rings. The third kappa shape index (κ3) is 3.23. The van der Waals surface area contributed by atoms with Gasteiger partial charge in [0.05, 0.1) is 18.7 Å². The molecule has 1 amide bonds. The summed E-state index contributed by atoms with van der Waals surface area (Å²) in [6.07, 6.45) is 1.29. The molecule has 86 valence electrons.